The average molecular weight is 665 g/mol. The summed E-state index contributed by atoms with van der Waals surface area (Å²) in [6.07, 6.45) is 4.85. The Morgan fingerprint density at radius 3 is 2.37 bits per heavy atom. The van der Waals surface area contributed by atoms with Crippen LogP contribution in [0.4, 0.5) is 5.69 Å². The number of carboxylic acid groups (broad SMARTS) is 1. The number of carbonyl (C=O) groups excluding carboxylic acids is 2. The molecule has 1 atom stereocenters. The Kier molecular flexibility index (Phi) is 8.38. The first-order valence-corrected chi connectivity index (χ1v) is 16.3. The highest BCUT2D eigenvalue weighted by Gasteiger charge is 2.25. The van der Waals surface area contributed by atoms with E-state index < -0.39 is 11.2 Å². The molecule has 0 bridgehead atoms. The minimum atomic E-state index is -1.04. The summed E-state index contributed by atoms with van der Waals surface area (Å²) in [4.78, 5) is 47.6. The van der Waals surface area contributed by atoms with Gasteiger partial charge in [-0.25, -0.2) is 14.8 Å². The molecule has 9 nitrogen and oxygen atoms in total. The Hall–Kier alpha value is -6.26. The van der Waals surface area contributed by atoms with Crippen molar-refractivity contribution in [2.45, 2.75) is 17.3 Å². The third-order valence-corrected chi connectivity index (χ3v) is 9.17. The number of thioether (sulfide) groups is 1. The maximum absolute atomic E-state index is 13.4. The first-order chi connectivity index (χ1) is 23.8. The first-order valence-electron chi connectivity index (χ1n) is 15.4. The van der Waals surface area contributed by atoms with Crippen LogP contribution in [0.1, 0.15) is 34.1 Å². The van der Waals surface area contributed by atoms with E-state index in [-0.39, 0.29) is 28.8 Å². The molecule has 2 aromatic heterocycles. The summed E-state index contributed by atoms with van der Waals surface area (Å²) >= 11 is 1.17. The van der Waals surface area contributed by atoms with E-state index in [4.69, 9.17) is 4.98 Å². The summed E-state index contributed by atoms with van der Waals surface area (Å²) in [6, 6.07) is 32.3. The molecule has 6 aromatic rings. The summed E-state index contributed by atoms with van der Waals surface area (Å²) < 4.78 is 1.56. The van der Waals surface area contributed by atoms with Gasteiger partial charge < -0.3 is 15.5 Å². The first kappa shape index (κ1) is 31.3. The van der Waals surface area contributed by atoms with Crippen LogP contribution in [-0.4, -0.2) is 47.7 Å². The zero-order chi connectivity index (χ0) is 34.1. The molecule has 0 saturated heterocycles. The predicted octanol–water partition coefficient (Wildman–Crippen LogP) is 7.75. The zero-order valence-corrected chi connectivity index (χ0v) is 26.9. The number of pyridine rings is 1. The number of carbonyl (C=O) groups is 3. The number of nitrogens with one attached hydrogen (secondary N) is 1. The van der Waals surface area contributed by atoms with Crippen LogP contribution in [0.3, 0.4) is 0 Å². The predicted molar refractivity (Wildman–Crippen MR) is 192 cm³/mol. The average Bonchev–Trinajstić information content (AvgIpc) is 3.42. The molecular formula is C39H28N4O5S. The van der Waals surface area contributed by atoms with E-state index in [2.05, 4.69) is 10.3 Å². The van der Waals surface area contributed by atoms with Gasteiger partial charge in [0.15, 0.2) is 10.9 Å². The number of nitrogens with zero attached hydrogens (tertiary/aromatic N) is 3. The molecule has 2 heterocycles. The van der Waals surface area contributed by atoms with Crippen LogP contribution in [0.2, 0.25) is 0 Å². The molecule has 0 fully saturated rings. The number of imidazole rings is 1. The topological polar surface area (TPSA) is 134 Å². The van der Waals surface area contributed by atoms with Crippen LogP contribution in [0.5, 0.6) is 5.88 Å². The Morgan fingerprint density at radius 1 is 0.878 bits per heavy atom. The number of fused-ring (bicyclic) bond motifs is 2. The van der Waals surface area contributed by atoms with Crippen molar-refractivity contribution in [2.75, 3.05) is 5.32 Å². The van der Waals surface area contributed by atoms with Crippen molar-refractivity contribution in [2.24, 2.45) is 0 Å². The van der Waals surface area contributed by atoms with Crippen molar-refractivity contribution in [1.82, 2.24) is 14.5 Å². The van der Waals surface area contributed by atoms with Gasteiger partial charge in [0.25, 0.3) is 0 Å². The van der Waals surface area contributed by atoms with Gasteiger partial charge in [-0.15, -0.1) is 0 Å². The number of amides is 1. The van der Waals surface area contributed by atoms with Crippen LogP contribution in [-0.2, 0) is 9.59 Å². The van der Waals surface area contributed by atoms with E-state index in [1.165, 1.54) is 17.8 Å². The van der Waals surface area contributed by atoms with Gasteiger partial charge >= 0.3 is 5.97 Å². The van der Waals surface area contributed by atoms with Crippen LogP contribution < -0.4 is 5.32 Å². The lowest BCUT2D eigenvalue weighted by Gasteiger charge is -2.14. The monoisotopic (exact) mass is 664 g/mol. The Balaban J connectivity index is 1.14. The summed E-state index contributed by atoms with van der Waals surface area (Å²) in [5.74, 6) is -1.68. The smallest absolute Gasteiger partial charge is 0.336 e. The zero-order valence-electron chi connectivity index (χ0n) is 26.1. The molecule has 1 amide bonds. The van der Waals surface area contributed by atoms with E-state index in [1.807, 2.05) is 60.7 Å². The number of hydrogen-bond acceptors (Lipinski definition) is 7. The lowest BCUT2D eigenvalue weighted by Crippen LogP contribution is -2.22. The number of allylic oxidation sites excluding steroid dienone is 2. The Labute approximate surface area is 285 Å². The number of rotatable bonds is 8. The maximum atomic E-state index is 13.4. The number of ketones is 1. The maximum Gasteiger partial charge on any atom is 0.336 e. The summed E-state index contributed by atoms with van der Waals surface area (Å²) in [5.41, 5.74) is 5.38. The van der Waals surface area contributed by atoms with Crippen LogP contribution in [0, 0.1) is 0 Å². The van der Waals surface area contributed by atoms with Gasteiger partial charge in [0.1, 0.15) is 5.69 Å². The summed E-state index contributed by atoms with van der Waals surface area (Å²) in [6.45, 7) is 1.74. The van der Waals surface area contributed by atoms with E-state index in [0.717, 1.165) is 11.1 Å². The lowest BCUT2D eigenvalue weighted by molar-refractivity contribution is -0.115. The molecule has 10 heteroatoms. The van der Waals surface area contributed by atoms with Crippen LogP contribution in [0.15, 0.2) is 120 Å². The number of carboxylic acids is 1. The Morgan fingerprint density at radius 2 is 1.59 bits per heavy atom. The number of aromatic hydroxyl groups is 1. The molecule has 0 spiro atoms. The Bertz CT molecular complexity index is 2330. The number of benzene rings is 4. The third kappa shape index (κ3) is 6.24. The molecule has 1 unspecified atom stereocenters. The van der Waals surface area contributed by atoms with Gasteiger partial charge in [-0.05, 0) is 66.6 Å². The standard InChI is InChI=1S/C39H28N4O5S/c1-23(36(45)40-26-18-15-25(16-19-26)33-22-31(38(47)48)29-13-7-8-14-32(29)41-33)49-39-42-34(37(46)43(39)27-10-3-2-4-11-27)21-30-28-12-6-5-9-24(28)17-20-35(30)44/h2-23,46H,1H3,(H,40,45)(H,47,48)/b30-21-. The highest BCUT2D eigenvalue weighted by Crippen LogP contribution is 2.36. The van der Waals surface area contributed by atoms with Crippen LogP contribution in [0.25, 0.3) is 45.6 Å². The fraction of sp³-hybridized carbons (Fsp3) is 0.0513. The van der Waals surface area contributed by atoms with E-state index in [0.29, 0.717) is 44.3 Å². The molecule has 3 N–H and O–H groups in total. The second-order valence-corrected chi connectivity index (χ2v) is 12.6. The minimum absolute atomic E-state index is 0.155. The molecule has 7 rings (SSSR count). The second kappa shape index (κ2) is 13.1. The van der Waals surface area contributed by atoms with Gasteiger partial charge in [0.05, 0.1) is 27.7 Å². The largest absolute Gasteiger partial charge is 0.493 e. The third-order valence-electron chi connectivity index (χ3n) is 8.12. The summed E-state index contributed by atoms with van der Waals surface area (Å²) in [5, 5.41) is 24.4. The lowest BCUT2D eigenvalue weighted by atomic mass is 9.91. The molecule has 49 heavy (non-hydrogen) atoms. The fourth-order valence-electron chi connectivity index (χ4n) is 5.64. The normalized spacial score (nSPS) is 13.7. The van der Waals surface area contributed by atoms with Crippen molar-refractivity contribution < 1.29 is 24.6 Å². The molecular weight excluding hydrogens is 637 g/mol. The highest BCUT2D eigenvalue weighted by molar-refractivity contribution is 8.00. The minimum Gasteiger partial charge on any atom is -0.493 e. The SMILES string of the molecule is CC(Sc1nc(/C=C2\C(=O)C=Cc3ccccc32)c(O)n1-c1ccccc1)C(=O)Nc1ccc(-c2cc(C(=O)O)c3ccccc3n2)cc1. The van der Waals surface area contributed by atoms with Gasteiger partial charge in [0, 0.05) is 22.2 Å². The number of aromatic nitrogens is 3. The molecule has 1 aliphatic carbocycles. The molecule has 1 aliphatic rings. The van der Waals surface area contributed by atoms with E-state index >= 15 is 0 Å². The van der Waals surface area contributed by atoms with E-state index in [9.17, 15) is 24.6 Å². The van der Waals surface area contributed by atoms with Gasteiger partial charge in [0.2, 0.25) is 11.8 Å². The number of hydrogen-bond donors (Lipinski definition) is 3. The number of para-hydroxylation sites is 2. The van der Waals surface area contributed by atoms with Gasteiger partial charge in [-0.1, -0.05) is 90.6 Å². The highest BCUT2D eigenvalue weighted by atomic mass is 32.2. The summed E-state index contributed by atoms with van der Waals surface area (Å²) in [7, 11) is 0. The van der Waals surface area contributed by atoms with Crippen molar-refractivity contribution in [3.05, 3.63) is 138 Å². The van der Waals surface area contributed by atoms with Crippen molar-refractivity contribution in [3.63, 3.8) is 0 Å². The van der Waals surface area contributed by atoms with Gasteiger partial charge in [-0.3, -0.25) is 14.2 Å². The van der Waals surface area contributed by atoms with Crippen molar-refractivity contribution >= 4 is 63.7 Å². The van der Waals surface area contributed by atoms with Crippen molar-refractivity contribution in [1.29, 1.82) is 0 Å². The molecule has 240 valence electrons. The molecule has 0 aliphatic heterocycles. The van der Waals surface area contributed by atoms with E-state index in [1.54, 1.807) is 72.2 Å². The molecule has 4 aromatic carbocycles. The fourth-order valence-corrected chi connectivity index (χ4v) is 6.57. The second-order valence-electron chi connectivity index (χ2n) is 11.3. The number of aromatic carboxylic acids is 1. The molecule has 0 radical (unpaired) electrons. The van der Waals surface area contributed by atoms with Gasteiger partial charge in [-0.2, -0.15) is 0 Å². The van der Waals surface area contributed by atoms with Crippen molar-refractivity contribution in [3.8, 4) is 22.8 Å². The number of anilines is 1. The molecule has 0 saturated carbocycles. The quantitative estimate of drug-likeness (QED) is 0.111. The van der Waals surface area contributed by atoms with Crippen LogP contribution >= 0.6 is 11.8 Å².